The lowest BCUT2D eigenvalue weighted by Gasteiger charge is -2.29. The second-order valence-corrected chi connectivity index (χ2v) is 11.3. The highest BCUT2D eigenvalue weighted by atomic mass is 35.5. The minimum atomic E-state index is -3.88. The standard InChI is InChI=1S/C26H27ClN2O4S/c1-19(21-6-10-23(11-7-21)33-18-20-5-4-16-28-17-20)29-25(30)26(14-2-3-15-26)34(31,32)24-12-8-22(27)9-13-24/h4-13,16-17,19H,2-3,14-15,18H2,1H3,(H,29,30). The number of sulfone groups is 1. The van der Waals surface area contributed by atoms with Crippen molar-refractivity contribution in [2.75, 3.05) is 0 Å². The first-order chi connectivity index (χ1) is 16.3. The van der Waals surface area contributed by atoms with Crippen molar-refractivity contribution in [2.45, 2.75) is 54.9 Å². The highest BCUT2D eigenvalue weighted by Crippen LogP contribution is 2.41. The molecule has 8 heteroatoms. The molecule has 1 amide bonds. The molecule has 34 heavy (non-hydrogen) atoms. The Kier molecular flexibility index (Phi) is 7.24. The van der Waals surface area contributed by atoms with E-state index < -0.39 is 20.5 Å². The predicted octanol–water partition coefficient (Wildman–Crippen LogP) is 5.28. The fraction of sp³-hybridized carbons (Fsp3) is 0.308. The van der Waals surface area contributed by atoms with Crippen LogP contribution in [0.3, 0.4) is 0 Å². The summed E-state index contributed by atoms with van der Waals surface area (Å²) in [6.45, 7) is 2.26. The highest BCUT2D eigenvalue weighted by molar-refractivity contribution is 7.93. The predicted molar refractivity (Wildman–Crippen MR) is 131 cm³/mol. The lowest BCUT2D eigenvalue weighted by Crippen LogP contribution is -2.51. The van der Waals surface area contributed by atoms with Crippen LogP contribution in [0.1, 0.15) is 49.8 Å². The first kappa shape index (κ1) is 24.2. The average Bonchev–Trinajstić information content (AvgIpc) is 3.36. The second kappa shape index (κ2) is 10.2. The smallest absolute Gasteiger partial charge is 0.242 e. The zero-order valence-corrected chi connectivity index (χ0v) is 20.5. The Balaban J connectivity index is 1.46. The minimum absolute atomic E-state index is 0.122. The molecule has 6 nitrogen and oxygen atoms in total. The number of ether oxygens (including phenoxy) is 1. The molecule has 1 fully saturated rings. The molecular formula is C26H27ClN2O4S. The van der Waals surface area contributed by atoms with Crippen molar-refractivity contribution in [3.05, 3.63) is 89.2 Å². The van der Waals surface area contributed by atoms with Gasteiger partial charge in [-0.3, -0.25) is 9.78 Å². The molecule has 1 aliphatic carbocycles. The first-order valence-electron chi connectivity index (χ1n) is 11.2. The molecule has 1 aliphatic rings. The summed E-state index contributed by atoms with van der Waals surface area (Å²) in [6.07, 6.45) is 5.46. The van der Waals surface area contributed by atoms with Crippen LogP contribution in [0.4, 0.5) is 0 Å². The number of carbonyl (C=O) groups is 1. The van der Waals surface area contributed by atoms with Crippen molar-refractivity contribution in [3.63, 3.8) is 0 Å². The van der Waals surface area contributed by atoms with Gasteiger partial charge in [-0.2, -0.15) is 0 Å². The molecule has 0 spiro atoms. The minimum Gasteiger partial charge on any atom is -0.489 e. The third-order valence-electron chi connectivity index (χ3n) is 6.32. The van der Waals surface area contributed by atoms with Crippen LogP contribution in [-0.2, 0) is 21.2 Å². The Morgan fingerprint density at radius 3 is 2.38 bits per heavy atom. The van der Waals surface area contributed by atoms with Gasteiger partial charge in [0.15, 0.2) is 14.6 Å². The van der Waals surface area contributed by atoms with E-state index in [0.717, 1.165) is 11.1 Å². The fourth-order valence-electron chi connectivity index (χ4n) is 4.32. The van der Waals surface area contributed by atoms with E-state index in [1.54, 1.807) is 12.4 Å². The van der Waals surface area contributed by atoms with Crippen LogP contribution >= 0.6 is 11.6 Å². The monoisotopic (exact) mass is 498 g/mol. The number of aromatic nitrogens is 1. The highest BCUT2D eigenvalue weighted by Gasteiger charge is 2.53. The third-order valence-corrected chi connectivity index (χ3v) is 9.09. The van der Waals surface area contributed by atoms with Crippen LogP contribution in [0.2, 0.25) is 5.02 Å². The molecule has 0 bridgehead atoms. The van der Waals surface area contributed by atoms with Crippen LogP contribution in [-0.4, -0.2) is 24.1 Å². The van der Waals surface area contributed by atoms with Gasteiger partial charge < -0.3 is 10.1 Å². The molecular weight excluding hydrogens is 472 g/mol. The summed E-state index contributed by atoms with van der Waals surface area (Å²) in [7, 11) is -3.88. The molecule has 1 heterocycles. The molecule has 2 aromatic carbocycles. The van der Waals surface area contributed by atoms with Crippen LogP contribution < -0.4 is 10.1 Å². The van der Waals surface area contributed by atoms with Gasteiger partial charge in [0.25, 0.3) is 0 Å². The van der Waals surface area contributed by atoms with E-state index in [2.05, 4.69) is 10.3 Å². The molecule has 1 N–H and O–H groups in total. The van der Waals surface area contributed by atoms with Gasteiger partial charge >= 0.3 is 0 Å². The molecule has 0 radical (unpaired) electrons. The molecule has 178 valence electrons. The topological polar surface area (TPSA) is 85.4 Å². The molecule has 4 rings (SSSR count). The van der Waals surface area contributed by atoms with E-state index in [1.165, 1.54) is 24.3 Å². The van der Waals surface area contributed by atoms with E-state index in [-0.39, 0.29) is 10.9 Å². The van der Waals surface area contributed by atoms with Crippen LogP contribution in [0.5, 0.6) is 5.75 Å². The Labute approximate surface area is 205 Å². The van der Waals surface area contributed by atoms with E-state index in [1.807, 2.05) is 43.3 Å². The Bertz CT molecular complexity index is 1220. The van der Waals surface area contributed by atoms with Gasteiger partial charge in [-0.15, -0.1) is 0 Å². The van der Waals surface area contributed by atoms with Crippen LogP contribution in [0.15, 0.2) is 78.0 Å². The molecule has 1 unspecified atom stereocenters. The number of halogens is 1. The lowest BCUT2D eigenvalue weighted by atomic mass is 10.0. The summed E-state index contributed by atoms with van der Waals surface area (Å²) in [4.78, 5) is 17.6. The molecule has 1 aromatic heterocycles. The number of rotatable bonds is 8. The summed E-state index contributed by atoms with van der Waals surface area (Å²) in [5, 5.41) is 3.40. The summed E-state index contributed by atoms with van der Waals surface area (Å²) >= 11 is 5.93. The number of amides is 1. The molecule has 0 saturated heterocycles. The van der Waals surface area contributed by atoms with Crippen molar-refractivity contribution in [3.8, 4) is 5.75 Å². The Hall–Kier alpha value is -2.90. The number of nitrogens with one attached hydrogen (secondary N) is 1. The SMILES string of the molecule is CC(NC(=O)C1(S(=O)(=O)c2ccc(Cl)cc2)CCCC1)c1ccc(OCc2cccnc2)cc1. The van der Waals surface area contributed by atoms with Crippen LogP contribution in [0, 0.1) is 0 Å². The molecule has 1 saturated carbocycles. The maximum Gasteiger partial charge on any atom is 0.242 e. The van der Waals surface area contributed by atoms with Gasteiger partial charge in [-0.1, -0.05) is 42.6 Å². The van der Waals surface area contributed by atoms with Gasteiger partial charge in [-0.05, 0) is 67.8 Å². The van der Waals surface area contributed by atoms with Gasteiger partial charge in [-0.25, -0.2) is 8.42 Å². The van der Waals surface area contributed by atoms with E-state index in [9.17, 15) is 13.2 Å². The van der Waals surface area contributed by atoms with E-state index >= 15 is 0 Å². The Morgan fingerprint density at radius 1 is 1.09 bits per heavy atom. The van der Waals surface area contributed by atoms with E-state index in [0.29, 0.717) is 43.1 Å². The van der Waals surface area contributed by atoms with Crippen molar-refractivity contribution >= 4 is 27.3 Å². The average molecular weight is 499 g/mol. The van der Waals surface area contributed by atoms with Crippen LogP contribution in [0.25, 0.3) is 0 Å². The van der Waals surface area contributed by atoms with Gasteiger partial charge in [0.05, 0.1) is 10.9 Å². The molecule has 3 aromatic rings. The summed E-state index contributed by atoms with van der Waals surface area (Å²) < 4.78 is 31.4. The number of benzene rings is 2. The normalized spacial score (nSPS) is 16.1. The van der Waals surface area contributed by atoms with Gasteiger partial charge in [0.2, 0.25) is 5.91 Å². The van der Waals surface area contributed by atoms with Gasteiger partial charge in [0, 0.05) is 23.0 Å². The quantitative estimate of drug-likeness (QED) is 0.456. The second-order valence-electron chi connectivity index (χ2n) is 8.57. The maximum atomic E-state index is 13.5. The number of hydrogen-bond donors (Lipinski definition) is 1. The fourth-order valence-corrected chi connectivity index (χ4v) is 6.52. The largest absolute Gasteiger partial charge is 0.489 e. The number of pyridine rings is 1. The molecule has 0 aliphatic heterocycles. The van der Waals surface area contributed by atoms with Gasteiger partial charge in [0.1, 0.15) is 12.4 Å². The third kappa shape index (κ3) is 4.95. The summed E-state index contributed by atoms with van der Waals surface area (Å²) in [5.41, 5.74) is 1.83. The zero-order chi connectivity index (χ0) is 24.2. The molecule has 1 atom stereocenters. The van der Waals surface area contributed by atoms with Crippen molar-refractivity contribution in [2.24, 2.45) is 0 Å². The van der Waals surface area contributed by atoms with Crippen molar-refractivity contribution in [1.82, 2.24) is 10.3 Å². The number of hydrogen-bond acceptors (Lipinski definition) is 5. The number of carbonyl (C=O) groups excluding carboxylic acids is 1. The Morgan fingerprint density at radius 2 is 1.76 bits per heavy atom. The lowest BCUT2D eigenvalue weighted by molar-refractivity contribution is -0.124. The zero-order valence-electron chi connectivity index (χ0n) is 18.9. The van der Waals surface area contributed by atoms with E-state index in [4.69, 9.17) is 16.3 Å². The first-order valence-corrected chi connectivity index (χ1v) is 13.1. The summed E-state index contributed by atoms with van der Waals surface area (Å²) in [5.74, 6) is 0.244. The number of nitrogens with zero attached hydrogens (tertiary/aromatic N) is 1. The summed E-state index contributed by atoms with van der Waals surface area (Å²) in [6, 6.07) is 16.9. The van der Waals surface area contributed by atoms with Crippen molar-refractivity contribution in [1.29, 1.82) is 0 Å². The maximum absolute atomic E-state index is 13.5. The van der Waals surface area contributed by atoms with Crippen molar-refractivity contribution < 1.29 is 17.9 Å².